The van der Waals surface area contributed by atoms with Crippen LogP contribution in [0.3, 0.4) is 0 Å². The molecule has 0 unspecified atom stereocenters. The molecule has 0 atom stereocenters. The van der Waals surface area contributed by atoms with E-state index >= 15 is 0 Å². The number of rotatable bonds is 0. The zero-order valence-electron chi connectivity index (χ0n) is 5.00. The SMILES string of the molecule is O=C(O)O.O=P(O)(O)O.[H+].[NaH].[NaH].[NaH].[NaH].[NaH]. The van der Waals surface area contributed by atoms with E-state index in [0.717, 1.165) is 0 Å². The van der Waals surface area contributed by atoms with Gasteiger partial charge in [0.1, 0.15) is 0 Å². The molecule has 0 heterocycles. The van der Waals surface area contributed by atoms with Gasteiger partial charge in [0.25, 0.3) is 0 Å². The van der Waals surface area contributed by atoms with E-state index in [9.17, 15) is 0 Å². The van der Waals surface area contributed by atoms with Crippen molar-refractivity contribution in [3.63, 3.8) is 0 Å². The van der Waals surface area contributed by atoms with Crippen molar-refractivity contribution < 1.29 is 35.7 Å². The zero-order chi connectivity index (χ0) is 8.08. The number of carbonyl (C=O) groups is 1. The van der Waals surface area contributed by atoms with E-state index in [1.54, 1.807) is 0 Å². The fourth-order valence-electron chi connectivity index (χ4n) is 0. The Morgan fingerprint density at radius 1 is 0.857 bits per heavy atom. The van der Waals surface area contributed by atoms with Gasteiger partial charge in [0.2, 0.25) is 0 Å². The van der Waals surface area contributed by atoms with E-state index in [1.165, 1.54) is 0 Å². The molecule has 0 aromatic heterocycles. The minimum atomic E-state index is -4.64. The molecule has 0 radical (unpaired) electrons. The molecule has 0 saturated carbocycles. The first-order valence-corrected chi connectivity index (χ1v) is 3.00. The third kappa shape index (κ3) is 202. The van der Waals surface area contributed by atoms with Gasteiger partial charge in [0.15, 0.2) is 0 Å². The molecule has 0 saturated heterocycles. The molecular formula is CH11Na5O7P+. The molecular weight excluding hydrogens is 270 g/mol. The number of hydrogen-bond donors (Lipinski definition) is 5. The minimum absolute atomic E-state index is 0. The summed E-state index contributed by atoms with van der Waals surface area (Å²) in [4.78, 5) is 30.1. The van der Waals surface area contributed by atoms with E-state index in [-0.39, 0.29) is 149 Å². The van der Waals surface area contributed by atoms with Gasteiger partial charge in [-0.05, 0) is 0 Å². The third-order valence-corrected chi connectivity index (χ3v) is 0. The van der Waals surface area contributed by atoms with Crippen LogP contribution in [0.5, 0.6) is 0 Å². The van der Waals surface area contributed by atoms with Gasteiger partial charge in [0.05, 0.1) is 0 Å². The van der Waals surface area contributed by atoms with Crippen molar-refractivity contribution >= 4 is 162 Å². The van der Waals surface area contributed by atoms with Crippen LogP contribution in [0.25, 0.3) is 0 Å². The van der Waals surface area contributed by atoms with Crippen LogP contribution in [-0.4, -0.2) is 179 Å². The van der Waals surface area contributed by atoms with Crippen LogP contribution in [0, 0.1) is 0 Å². The Hall–Kier alpha value is 4.38. The first kappa shape index (κ1) is 42.9. The van der Waals surface area contributed by atoms with Crippen molar-refractivity contribution in [1.29, 1.82) is 0 Å². The Labute approximate surface area is 193 Å². The van der Waals surface area contributed by atoms with Crippen molar-refractivity contribution in [2.24, 2.45) is 0 Å². The van der Waals surface area contributed by atoms with Gasteiger partial charge in [-0.2, -0.15) is 0 Å². The summed E-state index contributed by atoms with van der Waals surface area (Å²) in [5, 5.41) is 13.9. The number of carboxylic acid groups (broad SMARTS) is 2. The summed E-state index contributed by atoms with van der Waals surface area (Å²) in [6.07, 6.45) is -1.83. The fraction of sp³-hybridized carbons (Fsp3) is 0. The standard InChI is InChI=1S/CH2O3.5Na.H3O4P.5H/c2-1(3)4;;;;;;1-5(2,3)4;;;;;/h(H2,2,3,4);;;;;;(H3,1,2,3,4);;;;;/p+1. The van der Waals surface area contributed by atoms with E-state index in [4.69, 9.17) is 34.3 Å². The van der Waals surface area contributed by atoms with E-state index in [2.05, 4.69) is 0 Å². The summed E-state index contributed by atoms with van der Waals surface area (Å²) >= 11 is 0. The molecule has 0 rings (SSSR count). The number of phosphoric acid groups is 1. The van der Waals surface area contributed by atoms with Crippen LogP contribution >= 0.6 is 7.82 Å². The first-order chi connectivity index (χ1) is 3.73. The maximum absolute atomic E-state index is 8.88. The van der Waals surface area contributed by atoms with Crippen LogP contribution in [0.1, 0.15) is 1.43 Å². The maximum atomic E-state index is 8.88. The molecule has 14 heavy (non-hydrogen) atoms. The quantitative estimate of drug-likeness (QED) is 0.227. The van der Waals surface area contributed by atoms with E-state index < -0.39 is 14.0 Å². The van der Waals surface area contributed by atoms with Gasteiger partial charge in [-0.15, -0.1) is 0 Å². The van der Waals surface area contributed by atoms with Gasteiger partial charge < -0.3 is 24.9 Å². The predicted octanol–water partition coefficient (Wildman–Crippen LogP) is -3.84. The molecule has 0 aromatic rings. The molecule has 0 aliphatic rings. The summed E-state index contributed by atoms with van der Waals surface area (Å²) in [6.45, 7) is 0. The molecule has 0 aromatic carbocycles. The van der Waals surface area contributed by atoms with Crippen molar-refractivity contribution in [3.8, 4) is 0 Å². The summed E-state index contributed by atoms with van der Waals surface area (Å²) < 4.78 is 8.88. The van der Waals surface area contributed by atoms with Crippen molar-refractivity contribution in [1.82, 2.24) is 0 Å². The molecule has 0 bridgehead atoms. The molecule has 66 valence electrons. The predicted molar refractivity (Wildman–Crippen MR) is 61.8 cm³/mol. The normalized spacial score (nSPS) is 5.93. The first-order valence-electron chi connectivity index (χ1n) is 1.43. The van der Waals surface area contributed by atoms with Gasteiger partial charge in [0, 0.05) is 0 Å². The fourth-order valence-corrected chi connectivity index (χ4v) is 0. The topological polar surface area (TPSA) is 135 Å². The second kappa shape index (κ2) is 26.0. The Morgan fingerprint density at radius 3 is 0.857 bits per heavy atom. The summed E-state index contributed by atoms with van der Waals surface area (Å²) in [5.74, 6) is 0. The monoisotopic (exact) mass is 281 g/mol. The molecule has 0 aliphatic carbocycles. The van der Waals surface area contributed by atoms with Crippen LogP contribution in [-0.2, 0) is 4.57 Å². The van der Waals surface area contributed by atoms with Crippen LogP contribution < -0.4 is 0 Å². The van der Waals surface area contributed by atoms with E-state index in [1.807, 2.05) is 0 Å². The summed E-state index contributed by atoms with van der Waals surface area (Å²) in [6, 6.07) is 0. The van der Waals surface area contributed by atoms with Gasteiger partial charge in [-0.25, -0.2) is 9.36 Å². The van der Waals surface area contributed by atoms with Crippen LogP contribution in [0.2, 0.25) is 0 Å². The van der Waals surface area contributed by atoms with Gasteiger partial charge in [-0.3, -0.25) is 0 Å². The molecule has 13 heteroatoms. The Kier molecular flexibility index (Phi) is 79.8. The molecule has 0 amide bonds. The Morgan fingerprint density at radius 2 is 0.857 bits per heavy atom. The average Bonchev–Trinajstić information content (AvgIpc) is 1.19. The number of hydrogen-bond acceptors (Lipinski definition) is 2. The Balaban J connectivity index is -0.00000000785. The van der Waals surface area contributed by atoms with Crippen molar-refractivity contribution in [2.45, 2.75) is 0 Å². The average molecular weight is 281 g/mol. The van der Waals surface area contributed by atoms with Crippen molar-refractivity contribution in [2.75, 3.05) is 0 Å². The molecule has 7 nitrogen and oxygen atoms in total. The van der Waals surface area contributed by atoms with E-state index in [0.29, 0.717) is 0 Å². The molecule has 0 aliphatic heterocycles. The summed E-state index contributed by atoms with van der Waals surface area (Å²) in [7, 11) is -4.64. The molecule has 5 N–H and O–H groups in total. The van der Waals surface area contributed by atoms with Crippen molar-refractivity contribution in [3.05, 3.63) is 0 Å². The zero-order valence-corrected chi connectivity index (χ0v) is 4.89. The van der Waals surface area contributed by atoms with Crippen LogP contribution in [0.4, 0.5) is 4.79 Å². The van der Waals surface area contributed by atoms with Gasteiger partial charge >= 0.3 is 163 Å². The Bertz CT molecular complexity index is 127. The third-order valence-electron chi connectivity index (χ3n) is 0. The second-order valence-corrected chi connectivity index (χ2v) is 1.82. The van der Waals surface area contributed by atoms with Gasteiger partial charge in [-0.1, -0.05) is 0 Å². The van der Waals surface area contributed by atoms with Crippen LogP contribution in [0.15, 0.2) is 0 Å². The molecule has 0 fully saturated rings. The summed E-state index contributed by atoms with van der Waals surface area (Å²) in [5.41, 5.74) is 0. The molecule has 0 spiro atoms. The second-order valence-electron chi connectivity index (χ2n) is 0.796.